The van der Waals surface area contributed by atoms with Gasteiger partial charge in [0.15, 0.2) is 0 Å². The summed E-state index contributed by atoms with van der Waals surface area (Å²) >= 11 is 1.55. The van der Waals surface area contributed by atoms with Gasteiger partial charge in [0.05, 0.1) is 0 Å². The molecule has 0 unspecified atom stereocenters. The Morgan fingerprint density at radius 1 is 0.879 bits per heavy atom. The van der Waals surface area contributed by atoms with Crippen molar-refractivity contribution < 1.29 is 4.39 Å². The van der Waals surface area contributed by atoms with Gasteiger partial charge >= 0.3 is 0 Å². The van der Waals surface area contributed by atoms with E-state index in [9.17, 15) is 4.39 Å². The van der Waals surface area contributed by atoms with Gasteiger partial charge in [-0.25, -0.2) is 14.4 Å². The van der Waals surface area contributed by atoms with Crippen LogP contribution in [0.1, 0.15) is 25.3 Å². The smallest absolute Gasteiger partial charge is 0.146 e. The molecule has 0 N–H and O–H groups in total. The molecule has 1 aromatic heterocycles. The number of amidine groups is 1. The largest absolute Gasteiger partial charge is 0.356 e. The van der Waals surface area contributed by atoms with Crippen molar-refractivity contribution in [1.82, 2.24) is 9.88 Å². The lowest BCUT2D eigenvalue weighted by Crippen LogP contribution is -2.38. The fraction of sp³-hybridized carbons (Fsp3) is 0.214. The lowest BCUT2D eigenvalue weighted by molar-refractivity contribution is 0.281. The number of hydrogen-bond acceptors (Lipinski definition) is 3. The molecule has 4 aromatic rings. The summed E-state index contributed by atoms with van der Waals surface area (Å²) in [4.78, 5) is 12.6. The number of thiazole rings is 1. The van der Waals surface area contributed by atoms with Crippen molar-refractivity contribution in [3.63, 3.8) is 0 Å². The summed E-state index contributed by atoms with van der Waals surface area (Å²) in [7, 11) is 0. The number of rotatable bonds is 4. The van der Waals surface area contributed by atoms with Gasteiger partial charge in [-0.1, -0.05) is 78.9 Å². The molecule has 0 saturated carbocycles. The fourth-order valence-electron chi connectivity index (χ4n) is 4.11. The second-order valence-corrected chi connectivity index (χ2v) is 9.49. The SMILES string of the molecule is CC1CCN(C(=Nc2sc(-c3ccc(F)cc3)nc2-c2ccccc2)c2ccccc2)CC1. The minimum Gasteiger partial charge on any atom is -0.356 e. The number of hydrogen-bond donors (Lipinski definition) is 0. The molecule has 0 aliphatic carbocycles. The first kappa shape index (κ1) is 21.5. The molecular formula is C28H26FN3S. The van der Waals surface area contributed by atoms with Crippen molar-refractivity contribution in [2.45, 2.75) is 19.8 Å². The molecule has 5 rings (SSSR count). The first-order valence-corrected chi connectivity index (χ1v) is 12.2. The molecule has 1 fully saturated rings. The van der Waals surface area contributed by atoms with E-state index in [4.69, 9.17) is 9.98 Å². The molecule has 0 bridgehead atoms. The third-order valence-corrected chi connectivity index (χ3v) is 7.07. The minimum absolute atomic E-state index is 0.248. The van der Waals surface area contributed by atoms with Crippen LogP contribution in [-0.2, 0) is 0 Å². The van der Waals surface area contributed by atoms with E-state index in [1.807, 2.05) is 24.3 Å². The van der Waals surface area contributed by atoms with Crippen LogP contribution in [0.4, 0.5) is 9.39 Å². The molecular weight excluding hydrogens is 429 g/mol. The summed E-state index contributed by atoms with van der Waals surface area (Å²) in [5, 5.41) is 1.71. The number of aromatic nitrogens is 1. The Morgan fingerprint density at radius 2 is 1.52 bits per heavy atom. The average Bonchev–Trinajstić information content (AvgIpc) is 3.29. The van der Waals surface area contributed by atoms with Gasteiger partial charge in [-0.3, -0.25) is 0 Å². The fourth-order valence-corrected chi connectivity index (χ4v) is 5.08. The van der Waals surface area contributed by atoms with Crippen molar-refractivity contribution in [2.24, 2.45) is 10.9 Å². The van der Waals surface area contributed by atoms with Crippen molar-refractivity contribution in [3.05, 3.63) is 96.3 Å². The maximum absolute atomic E-state index is 13.5. The van der Waals surface area contributed by atoms with Gasteiger partial charge in [-0.05, 0) is 43.0 Å². The Balaban J connectivity index is 1.64. The van der Waals surface area contributed by atoms with Crippen LogP contribution in [0.15, 0.2) is 89.9 Å². The molecule has 0 radical (unpaired) electrons. The van der Waals surface area contributed by atoms with Gasteiger partial charge in [0.2, 0.25) is 0 Å². The standard InChI is InChI=1S/C28H26FN3S/c1-20-16-18-32(19-17-20)26(22-10-6-3-7-11-22)31-28-25(21-8-4-2-5-9-21)30-27(33-28)23-12-14-24(29)15-13-23/h2-15,20H,16-19H2,1H3. The van der Waals surface area contributed by atoms with Crippen LogP contribution in [0.3, 0.4) is 0 Å². The number of likely N-dealkylation sites (tertiary alicyclic amines) is 1. The second-order valence-electron chi connectivity index (χ2n) is 8.52. The van der Waals surface area contributed by atoms with E-state index in [0.717, 1.165) is 57.2 Å². The third kappa shape index (κ3) is 4.88. The highest BCUT2D eigenvalue weighted by atomic mass is 32.1. The van der Waals surface area contributed by atoms with Gasteiger partial charge in [-0.15, -0.1) is 0 Å². The summed E-state index contributed by atoms with van der Waals surface area (Å²) in [6.07, 6.45) is 2.34. The molecule has 33 heavy (non-hydrogen) atoms. The quantitative estimate of drug-likeness (QED) is 0.236. The Bertz CT molecular complexity index is 1230. The van der Waals surface area contributed by atoms with Gasteiger partial charge in [-0.2, -0.15) is 0 Å². The number of halogens is 1. The Hall–Kier alpha value is -3.31. The predicted molar refractivity (Wildman–Crippen MR) is 136 cm³/mol. The first-order chi connectivity index (χ1) is 16.2. The highest BCUT2D eigenvalue weighted by Gasteiger charge is 2.22. The number of nitrogens with zero attached hydrogens (tertiary/aromatic N) is 3. The molecule has 1 aliphatic heterocycles. The normalized spacial score (nSPS) is 15.1. The van der Waals surface area contributed by atoms with Crippen molar-refractivity contribution in [1.29, 1.82) is 0 Å². The van der Waals surface area contributed by atoms with Crippen LogP contribution >= 0.6 is 11.3 Å². The molecule has 1 saturated heterocycles. The third-order valence-electron chi connectivity index (χ3n) is 6.07. The molecule has 0 amide bonds. The molecule has 3 aromatic carbocycles. The topological polar surface area (TPSA) is 28.5 Å². The first-order valence-electron chi connectivity index (χ1n) is 11.4. The Kier molecular flexibility index (Phi) is 6.31. The zero-order valence-electron chi connectivity index (χ0n) is 18.6. The average molecular weight is 456 g/mol. The lowest BCUT2D eigenvalue weighted by atomic mass is 9.98. The molecule has 3 nitrogen and oxygen atoms in total. The summed E-state index contributed by atoms with van der Waals surface area (Å²) in [6.45, 7) is 4.32. The van der Waals surface area contributed by atoms with Crippen LogP contribution in [0.25, 0.3) is 21.8 Å². The van der Waals surface area contributed by atoms with E-state index in [-0.39, 0.29) is 5.82 Å². The van der Waals surface area contributed by atoms with Gasteiger partial charge in [0.1, 0.15) is 27.4 Å². The summed E-state index contributed by atoms with van der Waals surface area (Å²) in [5.74, 6) is 1.49. The van der Waals surface area contributed by atoms with Crippen molar-refractivity contribution in [3.8, 4) is 21.8 Å². The number of piperidine rings is 1. The Morgan fingerprint density at radius 3 is 2.18 bits per heavy atom. The predicted octanol–water partition coefficient (Wildman–Crippen LogP) is 7.43. The lowest BCUT2D eigenvalue weighted by Gasteiger charge is -2.33. The molecule has 0 atom stereocenters. The minimum atomic E-state index is -0.248. The van der Waals surface area contributed by atoms with Gasteiger partial charge in [0.25, 0.3) is 0 Å². The zero-order chi connectivity index (χ0) is 22.6. The van der Waals surface area contributed by atoms with E-state index in [0.29, 0.717) is 0 Å². The highest BCUT2D eigenvalue weighted by molar-refractivity contribution is 7.19. The summed E-state index contributed by atoms with van der Waals surface area (Å²) in [5.41, 5.74) is 3.90. The van der Waals surface area contributed by atoms with E-state index >= 15 is 0 Å². The second kappa shape index (κ2) is 9.67. The van der Waals surface area contributed by atoms with Crippen LogP contribution < -0.4 is 0 Å². The van der Waals surface area contributed by atoms with Crippen LogP contribution in [-0.4, -0.2) is 28.8 Å². The number of benzene rings is 3. The summed E-state index contributed by atoms with van der Waals surface area (Å²) in [6, 6.07) is 27.1. The highest BCUT2D eigenvalue weighted by Crippen LogP contribution is 2.40. The maximum Gasteiger partial charge on any atom is 0.146 e. The van der Waals surface area contributed by atoms with Crippen LogP contribution in [0.2, 0.25) is 0 Å². The molecule has 166 valence electrons. The van der Waals surface area contributed by atoms with Gasteiger partial charge < -0.3 is 4.90 Å². The summed E-state index contributed by atoms with van der Waals surface area (Å²) < 4.78 is 13.5. The van der Waals surface area contributed by atoms with E-state index in [2.05, 4.69) is 48.2 Å². The molecule has 0 spiro atoms. The maximum atomic E-state index is 13.5. The van der Waals surface area contributed by atoms with E-state index in [1.54, 1.807) is 23.5 Å². The molecule has 1 aliphatic rings. The van der Waals surface area contributed by atoms with E-state index in [1.165, 1.54) is 25.0 Å². The van der Waals surface area contributed by atoms with Crippen molar-refractivity contribution in [2.75, 3.05) is 13.1 Å². The monoisotopic (exact) mass is 455 g/mol. The zero-order valence-corrected chi connectivity index (χ0v) is 19.4. The van der Waals surface area contributed by atoms with Crippen LogP contribution in [0.5, 0.6) is 0 Å². The van der Waals surface area contributed by atoms with Crippen molar-refractivity contribution >= 4 is 22.2 Å². The van der Waals surface area contributed by atoms with Gasteiger partial charge in [0, 0.05) is 29.8 Å². The van der Waals surface area contributed by atoms with E-state index < -0.39 is 0 Å². The van der Waals surface area contributed by atoms with Crippen LogP contribution in [0, 0.1) is 11.7 Å². The number of aliphatic imine (C=N–C) groups is 1. The Labute approximate surface area is 198 Å². The molecule has 2 heterocycles. The molecule has 5 heteroatoms.